The molecule has 94 valence electrons. The van der Waals surface area contributed by atoms with E-state index in [1.54, 1.807) is 0 Å². The van der Waals surface area contributed by atoms with E-state index in [1.165, 1.54) is 0 Å². The summed E-state index contributed by atoms with van der Waals surface area (Å²) in [5, 5.41) is 3.24. The van der Waals surface area contributed by atoms with Crippen molar-refractivity contribution in [2.24, 2.45) is 11.7 Å². The molecular weight excluding hydrogens is 204 g/mol. The quantitative estimate of drug-likeness (QED) is 0.652. The minimum atomic E-state index is -0.271. The summed E-state index contributed by atoms with van der Waals surface area (Å²) in [5.41, 5.74) is 5.33. The Balaban J connectivity index is 2.18. The number of carbonyl (C=O) groups excluding carboxylic acids is 1. The first-order valence-corrected chi connectivity index (χ1v) is 6.17. The molecule has 2 unspecified atom stereocenters. The number of nitrogens with two attached hydrogens (primary N) is 1. The molecule has 1 saturated carbocycles. The molecule has 2 atom stereocenters. The van der Waals surface area contributed by atoms with Gasteiger partial charge in [0.25, 0.3) is 0 Å². The molecule has 0 aliphatic heterocycles. The monoisotopic (exact) mass is 228 g/mol. The molecule has 1 rings (SSSR count). The van der Waals surface area contributed by atoms with Crippen LogP contribution in [-0.2, 0) is 9.53 Å². The second kappa shape index (κ2) is 6.21. The normalized spacial score (nSPS) is 19.8. The van der Waals surface area contributed by atoms with Crippen LogP contribution in [0, 0.1) is 5.92 Å². The van der Waals surface area contributed by atoms with Crippen molar-refractivity contribution in [1.29, 1.82) is 0 Å². The van der Waals surface area contributed by atoms with Gasteiger partial charge in [0.2, 0.25) is 5.91 Å². The van der Waals surface area contributed by atoms with Crippen molar-refractivity contribution < 1.29 is 9.53 Å². The van der Waals surface area contributed by atoms with Crippen LogP contribution in [0.3, 0.4) is 0 Å². The van der Waals surface area contributed by atoms with Crippen molar-refractivity contribution in [1.82, 2.24) is 5.32 Å². The highest BCUT2D eigenvalue weighted by molar-refractivity contribution is 5.79. The minimum absolute atomic E-state index is 0.230. The smallest absolute Gasteiger partial charge is 0.234 e. The SMILES string of the molecule is CC(C)C(C)OCCC(NC1CC1)C(N)=O. The molecular formula is C12H24N2O2. The lowest BCUT2D eigenvalue weighted by molar-refractivity contribution is -0.120. The summed E-state index contributed by atoms with van der Waals surface area (Å²) in [6, 6.07) is 0.270. The number of primary amides is 1. The van der Waals surface area contributed by atoms with E-state index >= 15 is 0 Å². The Kier molecular flexibility index (Phi) is 5.22. The maximum Gasteiger partial charge on any atom is 0.234 e. The zero-order valence-corrected chi connectivity index (χ0v) is 10.5. The molecule has 0 saturated heterocycles. The van der Waals surface area contributed by atoms with Crippen molar-refractivity contribution in [3.63, 3.8) is 0 Å². The highest BCUT2D eigenvalue weighted by Crippen LogP contribution is 2.20. The van der Waals surface area contributed by atoms with Gasteiger partial charge in [0, 0.05) is 12.6 Å². The number of hydrogen-bond acceptors (Lipinski definition) is 3. The largest absolute Gasteiger partial charge is 0.378 e. The molecule has 4 nitrogen and oxygen atoms in total. The van der Waals surface area contributed by atoms with Gasteiger partial charge in [-0.05, 0) is 32.1 Å². The van der Waals surface area contributed by atoms with Gasteiger partial charge in [-0.3, -0.25) is 4.79 Å². The first kappa shape index (κ1) is 13.5. The summed E-state index contributed by atoms with van der Waals surface area (Å²) in [6.45, 7) is 6.89. The summed E-state index contributed by atoms with van der Waals surface area (Å²) >= 11 is 0. The second-order valence-corrected chi connectivity index (χ2v) is 5.00. The summed E-state index contributed by atoms with van der Waals surface area (Å²) in [6.07, 6.45) is 3.22. The first-order chi connectivity index (χ1) is 7.50. The van der Waals surface area contributed by atoms with Crippen molar-refractivity contribution in [2.75, 3.05) is 6.61 Å². The van der Waals surface area contributed by atoms with Gasteiger partial charge in [-0.25, -0.2) is 0 Å². The predicted molar refractivity (Wildman–Crippen MR) is 64.0 cm³/mol. The van der Waals surface area contributed by atoms with Gasteiger partial charge >= 0.3 is 0 Å². The van der Waals surface area contributed by atoms with Crippen LogP contribution in [0.25, 0.3) is 0 Å². The molecule has 3 N–H and O–H groups in total. The van der Waals surface area contributed by atoms with E-state index in [9.17, 15) is 4.79 Å². The highest BCUT2D eigenvalue weighted by Gasteiger charge is 2.27. The molecule has 1 aliphatic rings. The van der Waals surface area contributed by atoms with Crippen molar-refractivity contribution in [2.45, 2.75) is 58.2 Å². The molecule has 16 heavy (non-hydrogen) atoms. The van der Waals surface area contributed by atoms with E-state index in [4.69, 9.17) is 10.5 Å². The number of rotatable bonds is 8. The molecule has 1 amide bonds. The summed E-state index contributed by atoms with van der Waals surface area (Å²) in [5.74, 6) is 0.233. The molecule has 4 heteroatoms. The van der Waals surface area contributed by atoms with E-state index in [0.717, 1.165) is 12.8 Å². The topological polar surface area (TPSA) is 64.3 Å². The third kappa shape index (κ3) is 4.94. The average Bonchev–Trinajstić information content (AvgIpc) is 2.99. The Hall–Kier alpha value is -0.610. The average molecular weight is 228 g/mol. The Morgan fingerprint density at radius 3 is 2.50 bits per heavy atom. The van der Waals surface area contributed by atoms with Crippen LogP contribution in [0.1, 0.15) is 40.0 Å². The fourth-order valence-corrected chi connectivity index (χ4v) is 1.41. The minimum Gasteiger partial charge on any atom is -0.378 e. The number of ether oxygens (including phenoxy) is 1. The van der Waals surface area contributed by atoms with Crippen LogP contribution in [0.4, 0.5) is 0 Å². The van der Waals surface area contributed by atoms with Crippen LogP contribution in [-0.4, -0.2) is 30.7 Å². The Morgan fingerprint density at radius 1 is 1.44 bits per heavy atom. The lowest BCUT2D eigenvalue weighted by atomic mass is 10.1. The van der Waals surface area contributed by atoms with Gasteiger partial charge < -0.3 is 15.8 Å². The van der Waals surface area contributed by atoms with Crippen LogP contribution >= 0.6 is 0 Å². The molecule has 0 aromatic carbocycles. The molecule has 1 aliphatic carbocycles. The third-order valence-electron chi connectivity index (χ3n) is 3.08. The lowest BCUT2D eigenvalue weighted by Crippen LogP contribution is -2.43. The first-order valence-electron chi connectivity index (χ1n) is 6.17. The third-order valence-corrected chi connectivity index (χ3v) is 3.08. The second-order valence-electron chi connectivity index (χ2n) is 5.00. The maximum absolute atomic E-state index is 11.2. The van der Waals surface area contributed by atoms with Gasteiger partial charge in [-0.2, -0.15) is 0 Å². The Labute approximate surface area is 97.9 Å². The molecule has 0 aromatic rings. The zero-order valence-electron chi connectivity index (χ0n) is 10.5. The number of carbonyl (C=O) groups is 1. The lowest BCUT2D eigenvalue weighted by Gasteiger charge is -2.19. The summed E-state index contributed by atoms with van der Waals surface area (Å²) in [7, 11) is 0. The Morgan fingerprint density at radius 2 is 2.06 bits per heavy atom. The predicted octanol–water partition coefficient (Wildman–Crippen LogP) is 1.04. The summed E-state index contributed by atoms with van der Waals surface area (Å²) < 4.78 is 5.64. The van der Waals surface area contributed by atoms with Crippen molar-refractivity contribution >= 4 is 5.91 Å². The van der Waals surface area contributed by atoms with Crippen LogP contribution in [0.15, 0.2) is 0 Å². The van der Waals surface area contributed by atoms with Gasteiger partial charge in [0.1, 0.15) is 0 Å². The van der Waals surface area contributed by atoms with E-state index in [1.807, 2.05) is 0 Å². The molecule has 0 radical (unpaired) electrons. The van der Waals surface area contributed by atoms with Crippen molar-refractivity contribution in [3.05, 3.63) is 0 Å². The molecule has 0 aromatic heterocycles. The van der Waals surface area contributed by atoms with Gasteiger partial charge in [0.05, 0.1) is 12.1 Å². The Bertz CT molecular complexity index is 227. The molecule has 0 bridgehead atoms. The highest BCUT2D eigenvalue weighted by atomic mass is 16.5. The number of nitrogens with one attached hydrogen (secondary N) is 1. The van der Waals surface area contributed by atoms with E-state index in [0.29, 0.717) is 25.0 Å². The fourth-order valence-electron chi connectivity index (χ4n) is 1.41. The van der Waals surface area contributed by atoms with E-state index < -0.39 is 0 Å². The van der Waals surface area contributed by atoms with Crippen molar-refractivity contribution in [3.8, 4) is 0 Å². The van der Waals surface area contributed by atoms with E-state index in [2.05, 4.69) is 26.1 Å². The molecule has 0 heterocycles. The standard InChI is InChI=1S/C12H24N2O2/c1-8(2)9(3)16-7-6-11(12(13)15)14-10-4-5-10/h8-11,14H,4-7H2,1-3H3,(H2,13,15). The maximum atomic E-state index is 11.2. The number of amides is 1. The van der Waals surface area contributed by atoms with Gasteiger partial charge in [0.15, 0.2) is 0 Å². The van der Waals surface area contributed by atoms with Crippen LogP contribution < -0.4 is 11.1 Å². The van der Waals surface area contributed by atoms with E-state index in [-0.39, 0.29) is 18.1 Å². The van der Waals surface area contributed by atoms with Gasteiger partial charge in [-0.1, -0.05) is 13.8 Å². The molecule has 0 spiro atoms. The van der Waals surface area contributed by atoms with Crippen LogP contribution in [0.5, 0.6) is 0 Å². The van der Waals surface area contributed by atoms with Gasteiger partial charge in [-0.15, -0.1) is 0 Å². The number of hydrogen-bond donors (Lipinski definition) is 2. The molecule has 1 fully saturated rings. The summed E-state index contributed by atoms with van der Waals surface area (Å²) in [4.78, 5) is 11.2. The zero-order chi connectivity index (χ0) is 12.1. The van der Waals surface area contributed by atoms with Crippen LogP contribution in [0.2, 0.25) is 0 Å². The fraction of sp³-hybridized carbons (Fsp3) is 0.917.